The fraction of sp³-hybridized carbons (Fsp3) is 0.250. The fourth-order valence-electron chi connectivity index (χ4n) is 1.01. The second-order valence-corrected chi connectivity index (χ2v) is 3.59. The van der Waals surface area contributed by atoms with E-state index in [0.29, 0.717) is 11.1 Å². The average molecular weight is 188 g/mol. The molecule has 0 saturated heterocycles. The Morgan fingerprint density at radius 2 is 1.75 bits per heavy atom. The lowest BCUT2D eigenvalue weighted by atomic mass is 10.1. The summed E-state index contributed by atoms with van der Waals surface area (Å²) in [5, 5.41) is 0. The van der Waals surface area contributed by atoms with E-state index in [4.69, 9.17) is 4.55 Å². The minimum Gasteiger partial charge on any atom is -0.302 e. The molecule has 0 fully saturated rings. The topological polar surface area (TPSA) is 37.3 Å². The lowest BCUT2D eigenvalue weighted by Gasteiger charge is -2.02. The lowest BCUT2D eigenvalue weighted by molar-refractivity contribution is 0.562. The Morgan fingerprint density at radius 1 is 1.33 bits per heavy atom. The van der Waals surface area contributed by atoms with Gasteiger partial charge in [-0.3, -0.25) is 0 Å². The van der Waals surface area contributed by atoms with Gasteiger partial charge in [-0.25, -0.2) is 8.60 Å². The number of halogens is 1. The molecule has 0 aromatic heterocycles. The monoisotopic (exact) mass is 188 g/mol. The first-order valence-electron chi connectivity index (χ1n) is 3.40. The highest BCUT2D eigenvalue weighted by atomic mass is 32.2. The Morgan fingerprint density at radius 3 is 2.08 bits per heavy atom. The molecular formula is C8H9FO2S. The molecule has 0 aliphatic carbocycles. The van der Waals surface area contributed by atoms with Gasteiger partial charge in [-0.05, 0) is 37.1 Å². The van der Waals surface area contributed by atoms with Crippen LogP contribution in [0, 0.1) is 19.7 Å². The van der Waals surface area contributed by atoms with Crippen molar-refractivity contribution in [3.05, 3.63) is 29.1 Å². The molecule has 2 nitrogen and oxygen atoms in total. The highest BCUT2D eigenvalue weighted by molar-refractivity contribution is 7.79. The summed E-state index contributed by atoms with van der Waals surface area (Å²) in [5.74, 6) is -0.316. The van der Waals surface area contributed by atoms with Crippen molar-refractivity contribution >= 4 is 11.1 Å². The van der Waals surface area contributed by atoms with E-state index in [1.54, 1.807) is 13.8 Å². The molecule has 1 rings (SSSR count). The van der Waals surface area contributed by atoms with E-state index in [1.807, 2.05) is 0 Å². The highest BCUT2D eigenvalue weighted by Crippen LogP contribution is 2.16. The summed E-state index contributed by atoms with van der Waals surface area (Å²) in [5.41, 5.74) is 0.791. The Kier molecular flexibility index (Phi) is 2.59. The molecular weight excluding hydrogens is 179 g/mol. The zero-order valence-corrected chi connectivity index (χ0v) is 7.61. The van der Waals surface area contributed by atoms with Crippen LogP contribution in [0.1, 0.15) is 11.1 Å². The van der Waals surface area contributed by atoms with E-state index >= 15 is 0 Å². The predicted octanol–water partition coefficient (Wildman–Crippen LogP) is 2.02. The van der Waals surface area contributed by atoms with Crippen LogP contribution in [0.2, 0.25) is 0 Å². The van der Waals surface area contributed by atoms with Gasteiger partial charge in [0.05, 0.1) is 4.90 Å². The van der Waals surface area contributed by atoms with Crippen LogP contribution >= 0.6 is 0 Å². The van der Waals surface area contributed by atoms with E-state index in [-0.39, 0.29) is 10.7 Å². The second kappa shape index (κ2) is 3.33. The van der Waals surface area contributed by atoms with Crippen molar-refractivity contribution in [1.29, 1.82) is 0 Å². The Bertz CT molecular complexity index is 313. The summed E-state index contributed by atoms with van der Waals surface area (Å²) in [4.78, 5) is 0.242. The number of rotatable bonds is 1. The maximum absolute atomic E-state index is 13.0. The van der Waals surface area contributed by atoms with Crippen LogP contribution < -0.4 is 0 Å². The fourth-order valence-corrected chi connectivity index (χ4v) is 1.56. The molecule has 12 heavy (non-hydrogen) atoms. The van der Waals surface area contributed by atoms with Gasteiger partial charge in [0.15, 0.2) is 11.1 Å². The van der Waals surface area contributed by atoms with Crippen molar-refractivity contribution in [2.75, 3.05) is 0 Å². The van der Waals surface area contributed by atoms with E-state index in [0.717, 1.165) is 0 Å². The number of benzene rings is 1. The zero-order chi connectivity index (χ0) is 9.30. The molecule has 0 aliphatic rings. The SMILES string of the molecule is Cc1cc(S(=O)O)cc(C)c1F. The largest absolute Gasteiger partial charge is 0.302 e. The smallest absolute Gasteiger partial charge is 0.186 e. The summed E-state index contributed by atoms with van der Waals surface area (Å²) >= 11 is -2.02. The van der Waals surface area contributed by atoms with Gasteiger partial charge in [-0.2, -0.15) is 0 Å². The molecule has 0 aliphatic heterocycles. The molecule has 1 aromatic rings. The molecule has 66 valence electrons. The van der Waals surface area contributed by atoms with Crippen LogP contribution in [0.25, 0.3) is 0 Å². The van der Waals surface area contributed by atoms with Gasteiger partial charge >= 0.3 is 0 Å². The molecule has 0 saturated carbocycles. The van der Waals surface area contributed by atoms with Crippen molar-refractivity contribution in [1.82, 2.24) is 0 Å². The number of aryl methyl sites for hydroxylation is 2. The van der Waals surface area contributed by atoms with Crippen LogP contribution in [0.4, 0.5) is 4.39 Å². The number of hydrogen-bond acceptors (Lipinski definition) is 1. The van der Waals surface area contributed by atoms with Crippen LogP contribution in [-0.4, -0.2) is 8.76 Å². The van der Waals surface area contributed by atoms with Gasteiger partial charge in [0.1, 0.15) is 5.82 Å². The van der Waals surface area contributed by atoms with Gasteiger partial charge in [0.2, 0.25) is 0 Å². The molecule has 0 spiro atoms. The molecule has 1 N–H and O–H groups in total. The first-order valence-corrected chi connectivity index (χ1v) is 4.50. The van der Waals surface area contributed by atoms with Crippen molar-refractivity contribution in [2.24, 2.45) is 0 Å². The Balaban J connectivity index is 3.31. The van der Waals surface area contributed by atoms with Crippen molar-refractivity contribution in [2.45, 2.75) is 18.7 Å². The Labute approximate surface area is 72.7 Å². The molecule has 1 atom stereocenters. The third kappa shape index (κ3) is 1.70. The second-order valence-electron chi connectivity index (χ2n) is 2.62. The normalized spacial score (nSPS) is 13.0. The van der Waals surface area contributed by atoms with Crippen LogP contribution in [0.15, 0.2) is 17.0 Å². The van der Waals surface area contributed by atoms with Crippen LogP contribution in [0.3, 0.4) is 0 Å². The van der Waals surface area contributed by atoms with Gasteiger partial charge in [-0.15, -0.1) is 0 Å². The lowest BCUT2D eigenvalue weighted by Crippen LogP contribution is -1.94. The average Bonchev–Trinajstić information content (AvgIpc) is 1.99. The molecule has 1 unspecified atom stereocenters. The summed E-state index contributed by atoms with van der Waals surface area (Å²) in [7, 11) is 0. The molecule has 1 aromatic carbocycles. The summed E-state index contributed by atoms with van der Waals surface area (Å²) in [6.45, 7) is 3.14. The molecule has 0 heterocycles. The van der Waals surface area contributed by atoms with E-state index in [2.05, 4.69) is 0 Å². The van der Waals surface area contributed by atoms with Crippen molar-refractivity contribution < 1.29 is 13.2 Å². The van der Waals surface area contributed by atoms with Gasteiger partial charge in [0, 0.05) is 0 Å². The summed E-state index contributed by atoms with van der Waals surface area (Å²) in [6, 6.07) is 2.75. The molecule has 0 bridgehead atoms. The Hall–Kier alpha value is -0.740. The van der Waals surface area contributed by atoms with E-state index < -0.39 is 11.1 Å². The highest BCUT2D eigenvalue weighted by Gasteiger charge is 2.06. The molecule has 0 amide bonds. The third-order valence-corrected chi connectivity index (χ3v) is 2.25. The number of hydrogen-bond donors (Lipinski definition) is 1. The van der Waals surface area contributed by atoms with Gasteiger partial charge < -0.3 is 4.55 Å². The van der Waals surface area contributed by atoms with Gasteiger partial charge in [0.25, 0.3) is 0 Å². The quantitative estimate of drug-likeness (QED) is 0.684. The van der Waals surface area contributed by atoms with E-state index in [1.165, 1.54) is 12.1 Å². The summed E-state index contributed by atoms with van der Waals surface area (Å²) < 4.78 is 32.3. The molecule has 4 heteroatoms. The predicted molar refractivity (Wildman–Crippen MR) is 44.9 cm³/mol. The maximum Gasteiger partial charge on any atom is 0.186 e. The zero-order valence-electron chi connectivity index (χ0n) is 6.80. The first kappa shape index (κ1) is 9.35. The van der Waals surface area contributed by atoms with Crippen molar-refractivity contribution in [3.8, 4) is 0 Å². The van der Waals surface area contributed by atoms with Crippen LogP contribution in [-0.2, 0) is 11.1 Å². The minimum absolute atomic E-state index is 0.242. The summed E-state index contributed by atoms with van der Waals surface area (Å²) in [6.07, 6.45) is 0. The van der Waals surface area contributed by atoms with E-state index in [9.17, 15) is 8.60 Å². The maximum atomic E-state index is 13.0. The standard InChI is InChI=1S/C8H9FO2S/c1-5-3-7(12(10)11)4-6(2)8(5)9/h3-4H,1-2H3,(H,10,11). The van der Waals surface area contributed by atoms with Gasteiger partial charge in [-0.1, -0.05) is 0 Å². The van der Waals surface area contributed by atoms with Crippen LogP contribution in [0.5, 0.6) is 0 Å². The first-order chi connectivity index (χ1) is 5.52. The third-order valence-electron chi connectivity index (χ3n) is 1.61. The van der Waals surface area contributed by atoms with Crippen molar-refractivity contribution in [3.63, 3.8) is 0 Å². The minimum atomic E-state index is -2.02. The molecule has 0 radical (unpaired) electrons.